The monoisotopic (exact) mass is 489 g/mol. The van der Waals surface area contributed by atoms with Crippen LogP contribution in [0.2, 0.25) is 0 Å². The van der Waals surface area contributed by atoms with Crippen molar-refractivity contribution in [1.82, 2.24) is 0 Å². The lowest BCUT2D eigenvalue weighted by Crippen LogP contribution is -2.29. The maximum atomic E-state index is 13.4. The van der Waals surface area contributed by atoms with Gasteiger partial charge in [0.2, 0.25) is 0 Å². The molecule has 4 rings (SSSR count). The van der Waals surface area contributed by atoms with Crippen LogP contribution in [0.1, 0.15) is 62.3 Å². The number of carbonyl (C=O) groups excluding carboxylic acids is 2. The van der Waals surface area contributed by atoms with Gasteiger partial charge in [-0.2, -0.15) is 0 Å². The maximum Gasteiger partial charge on any atom is 0.300 e. The first-order valence-corrected chi connectivity index (χ1v) is 12.1. The van der Waals surface area contributed by atoms with Gasteiger partial charge in [0, 0.05) is 11.3 Å². The highest BCUT2D eigenvalue weighted by Crippen LogP contribution is 2.43. The molecule has 1 unspecified atom stereocenters. The van der Waals surface area contributed by atoms with Crippen LogP contribution in [0.25, 0.3) is 5.76 Å². The van der Waals surface area contributed by atoms with Crippen molar-refractivity contribution in [2.24, 2.45) is 0 Å². The lowest BCUT2D eigenvalue weighted by molar-refractivity contribution is -0.132. The van der Waals surface area contributed by atoms with E-state index >= 15 is 0 Å². The van der Waals surface area contributed by atoms with E-state index in [9.17, 15) is 14.7 Å². The Morgan fingerprint density at radius 2 is 1.69 bits per heavy atom. The normalized spacial score (nSPS) is 17.2. The fraction of sp³-hybridized carbons (Fsp3) is 0.310. The number of furan rings is 1. The summed E-state index contributed by atoms with van der Waals surface area (Å²) in [7, 11) is 0. The lowest BCUT2D eigenvalue weighted by atomic mass is 9.95. The Balaban J connectivity index is 1.87. The number of ketones is 1. The van der Waals surface area contributed by atoms with Gasteiger partial charge in [-0.25, -0.2) is 0 Å². The number of anilines is 1. The highest BCUT2D eigenvalue weighted by atomic mass is 16.5. The number of ether oxygens (including phenoxy) is 2. The number of aryl methyl sites for hydroxylation is 1. The fourth-order valence-corrected chi connectivity index (χ4v) is 4.43. The Kier molecular flexibility index (Phi) is 7.20. The Hall–Kier alpha value is -4.00. The molecule has 1 fully saturated rings. The number of Topliss-reactive ketones (excluding diaryl/α,β-unsaturated/α-hetero) is 1. The summed E-state index contributed by atoms with van der Waals surface area (Å²) in [4.78, 5) is 28.0. The van der Waals surface area contributed by atoms with E-state index < -0.39 is 17.7 Å². The quantitative estimate of drug-likeness (QED) is 0.232. The Morgan fingerprint density at radius 3 is 2.28 bits per heavy atom. The van der Waals surface area contributed by atoms with E-state index in [0.29, 0.717) is 41.7 Å². The summed E-state index contributed by atoms with van der Waals surface area (Å²) < 4.78 is 17.1. The molecule has 0 aliphatic carbocycles. The molecule has 188 valence electrons. The first-order chi connectivity index (χ1) is 17.3. The zero-order chi connectivity index (χ0) is 26.0. The minimum absolute atomic E-state index is 0.0258. The molecule has 3 aromatic rings. The fourth-order valence-electron chi connectivity index (χ4n) is 4.43. The van der Waals surface area contributed by atoms with E-state index in [-0.39, 0.29) is 17.3 Å². The van der Waals surface area contributed by atoms with Gasteiger partial charge >= 0.3 is 0 Å². The largest absolute Gasteiger partial charge is 0.507 e. The van der Waals surface area contributed by atoms with Crippen molar-refractivity contribution < 1.29 is 28.6 Å². The van der Waals surface area contributed by atoms with Crippen molar-refractivity contribution in [2.45, 2.75) is 46.6 Å². The van der Waals surface area contributed by atoms with E-state index in [0.717, 1.165) is 11.3 Å². The summed E-state index contributed by atoms with van der Waals surface area (Å²) in [5.74, 6) is 0.730. The second-order valence-electron chi connectivity index (χ2n) is 8.88. The molecule has 7 heteroatoms. The van der Waals surface area contributed by atoms with Crippen LogP contribution in [-0.2, 0) is 9.59 Å². The molecule has 0 spiro atoms. The third-order valence-corrected chi connectivity index (χ3v) is 6.11. The minimum Gasteiger partial charge on any atom is -0.507 e. The molecule has 1 atom stereocenters. The molecule has 2 heterocycles. The van der Waals surface area contributed by atoms with Crippen LogP contribution in [0, 0.1) is 6.92 Å². The molecule has 1 saturated heterocycles. The molecule has 0 bridgehead atoms. The predicted octanol–water partition coefficient (Wildman–Crippen LogP) is 6.14. The van der Waals surface area contributed by atoms with Crippen molar-refractivity contribution in [3.63, 3.8) is 0 Å². The summed E-state index contributed by atoms with van der Waals surface area (Å²) in [6.07, 6.45) is 0. The van der Waals surface area contributed by atoms with Crippen molar-refractivity contribution in [2.75, 3.05) is 18.1 Å². The molecular formula is C29H31NO6. The summed E-state index contributed by atoms with van der Waals surface area (Å²) in [5, 5.41) is 11.4. The van der Waals surface area contributed by atoms with Crippen LogP contribution in [0.15, 0.2) is 64.6 Å². The molecule has 1 N–H and O–H groups in total. The molecule has 7 nitrogen and oxygen atoms in total. The highest BCUT2D eigenvalue weighted by molar-refractivity contribution is 6.51. The minimum atomic E-state index is -0.925. The third kappa shape index (κ3) is 4.61. The van der Waals surface area contributed by atoms with Crippen LogP contribution >= 0.6 is 0 Å². The van der Waals surface area contributed by atoms with Crippen LogP contribution < -0.4 is 14.4 Å². The van der Waals surface area contributed by atoms with Gasteiger partial charge in [-0.05, 0) is 86.8 Å². The average molecular weight is 490 g/mol. The molecule has 1 aliphatic heterocycles. The number of benzene rings is 2. The van der Waals surface area contributed by atoms with Gasteiger partial charge in [0.25, 0.3) is 11.7 Å². The van der Waals surface area contributed by atoms with Crippen molar-refractivity contribution >= 4 is 23.1 Å². The second-order valence-corrected chi connectivity index (χ2v) is 8.88. The van der Waals surface area contributed by atoms with Crippen LogP contribution in [0.5, 0.6) is 11.5 Å². The Labute approximate surface area is 210 Å². The number of nitrogens with zero attached hydrogens (tertiary/aromatic N) is 1. The molecule has 0 saturated carbocycles. The van der Waals surface area contributed by atoms with Crippen LogP contribution in [0.4, 0.5) is 5.69 Å². The summed E-state index contributed by atoms with van der Waals surface area (Å²) in [5.41, 5.74) is 1.79. The van der Waals surface area contributed by atoms with Crippen LogP contribution in [0.3, 0.4) is 0 Å². The molecule has 1 aliphatic rings. The summed E-state index contributed by atoms with van der Waals surface area (Å²) >= 11 is 0. The van der Waals surface area contributed by atoms with Crippen molar-refractivity contribution in [1.29, 1.82) is 0 Å². The number of hydrogen-bond acceptors (Lipinski definition) is 6. The SMILES string of the molecule is CCOc1ccc(N2C(=O)C(=O)/C(=C(\O)c3ccc(OCC)c(C(C)C)c3)C2c2ccc(C)o2)cc1. The number of carbonyl (C=O) groups is 2. The van der Waals surface area contributed by atoms with Gasteiger partial charge in [-0.15, -0.1) is 0 Å². The molecular weight excluding hydrogens is 458 g/mol. The molecule has 0 radical (unpaired) electrons. The van der Waals surface area contributed by atoms with Crippen molar-refractivity contribution in [3.05, 3.63) is 82.8 Å². The zero-order valence-electron chi connectivity index (χ0n) is 21.2. The van der Waals surface area contributed by atoms with Gasteiger partial charge < -0.3 is 19.0 Å². The molecule has 1 aromatic heterocycles. The van der Waals surface area contributed by atoms with E-state index in [1.807, 2.05) is 27.7 Å². The summed E-state index contributed by atoms with van der Waals surface area (Å²) in [6.45, 7) is 10.7. The topological polar surface area (TPSA) is 89.2 Å². The van der Waals surface area contributed by atoms with E-state index in [1.54, 1.807) is 61.5 Å². The lowest BCUT2D eigenvalue weighted by Gasteiger charge is -2.23. The van der Waals surface area contributed by atoms with Gasteiger partial charge in [-0.1, -0.05) is 13.8 Å². The number of amides is 1. The molecule has 1 amide bonds. The maximum absolute atomic E-state index is 13.4. The predicted molar refractivity (Wildman–Crippen MR) is 138 cm³/mol. The number of hydrogen-bond donors (Lipinski definition) is 1. The second kappa shape index (κ2) is 10.3. The average Bonchev–Trinajstić information content (AvgIpc) is 3.40. The third-order valence-electron chi connectivity index (χ3n) is 6.11. The van der Waals surface area contributed by atoms with Crippen LogP contribution in [-0.4, -0.2) is 30.0 Å². The first-order valence-electron chi connectivity index (χ1n) is 12.1. The zero-order valence-corrected chi connectivity index (χ0v) is 21.2. The van der Waals surface area contributed by atoms with E-state index in [4.69, 9.17) is 13.9 Å². The molecule has 2 aromatic carbocycles. The highest BCUT2D eigenvalue weighted by Gasteiger charge is 2.48. The molecule has 36 heavy (non-hydrogen) atoms. The number of aliphatic hydroxyl groups is 1. The Bertz CT molecular complexity index is 1300. The van der Waals surface area contributed by atoms with Gasteiger partial charge in [-0.3, -0.25) is 14.5 Å². The van der Waals surface area contributed by atoms with Gasteiger partial charge in [0.1, 0.15) is 34.8 Å². The first kappa shape index (κ1) is 25.1. The van der Waals surface area contributed by atoms with Gasteiger partial charge in [0.05, 0.1) is 18.8 Å². The standard InChI is InChI=1S/C29H31NO6/c1-6-34-21-12-10-20(11-13-21)30-26(24-14-8-18(5)36-24)25(28(32)29(30)33)27(31)19-9-15-23(35-7-2)22(16-19)17(3)4/h8-17,26,31H,6-7H2,1-5H3/b27-25-. The Morgan fingerprint density at radius 1 is 1.00 bits per heavy atom. The summed E-state index contributed by atoms with van der Waals surface area (Å²) in [6, 6.07) is 14.8. The number of rotatable bonds is 8. The van der Waals surface area contributed by atoms with E-state index in [1.165, 1.54) is 4.90 Å². The van der Waals surface area contributed by atoms with E-state index in [2.05, 4.69) is 0 Å². The number of aliphatic hydroxyl groups excluding tert-OH is 1. The van der Waals surface area contributed by atoms with Gasteiger partial charge in [0.15, 0.2) is 0 Å². The smallest absolute Gasteiger partial charge is 0.300 e. The van der Waals surface area contributed by atoms with Crippen molar-refractivity contribution in [3.8, 4) is 11.5 Å².